The summed E-state index contributed by atoms with van der Waals surface area (Å²) in [5.41, 5.74) is 5.16. The summed E-state index contributed by atoms with van der Waals surface area (Å²) in [4.78, 5) is 11.6. The van der Waals surface area contributed by atoms with Gasteiger partial charge in [0, 0.05) is 6.54 Å². The van der Waals surface area contributed by atoms with E-state index in [9.17, 15) is 14.3 Å². The van der Waals surface area contributed by atoms with Gasteiger partial charge in [0.25, 0.3) is 0 Å². The minimum absolute atomic E-state index is 0.178. The summed E-state index contributed by atoms with van der Waals surface area (Å²) in [5.74, 6) is -0.504. The van der Waals surface area contributed by atoms with Crippen LogP contribution in [0, 0.1) is 11.7 Å². The molecule has 0 radical (unpaired) electrons. The van der Waals surface area contributed by atoms with Gasteiger partial charge in [0.2, 0.25) is 5.91 Å². The Bertz CT molecular complexity index is 448. The van der Waals surface area contributed by atoms with Crippen molar-refractivity contribution in [2.45, 2.75) is 38.8 Å². The van der Waals surface area contributed by atoms with E-state index < -0.39 is 17.6 Å². The molecule has 1 amide bonds. The molecule has 0 heterocycles. The monoisotopic (exact) mass is 282 g/mol. The van der Waals surface area contributed by atoms with E-state index in [0.717, 1.165) is 0 Å². The quantitative estimate of drug-likeness (QED) is 0.713. The standard InChI is InChI=1S/C15H23FN2O2/c1-10(2)8-15(3,14(17)20)18-9-13(19)11-4-6-12(16)7-5-11/h4-7,10,13,18-19H,8-9H2,1-3H3,(H2,17,20). The van der Waals surface area contributed by atoms with E-state index in [2.05, 4.69) is 5.32 Å². The summed E-state index contributed by atoms with van der Waals surface area (Å²) in [5, 5.41) is 13.1. The molecule has 1 aromatic rings. The van der Waals surface area contributed by atoms with E-state index >= 15 is 0 Å². The zero-order valence-corrected chi connectivity index (χ0v) is 12.2. The van der Waals surface area contributed by atoms with Gasteiger partial charge >= 0.3 is 0 Å². The topological polar surface area (TPSA) is 75.3 Å². The maximum Gasteiger partial charge on any atom is 0.237 e. The lowest BCUT2D eigenvalue weighted by molar-refractivity contribution is -0.124. The van der Waals surface area contributed by atoms with Crippen LogP contribution in [0.4, 0.5) is 4.39 Å². The number of rotatable bonds is 7. The number of hydrogen-bond donors (Lipinski definition) is 3. The number of β-amino-alcohol motifs (C(OH)–C–C–N with tert-alkyl or cyclic N) is 1. The molecule has 0 aliphatic heterocycles. The molecule has 20 heavy (non-hydrogen) atoms. The van der Waals surface area contributed by atoms with E-state index in [1.54, 1.807) is 6.92 Å². The van der Waals surface area contributed by atoms with Crippen molar-refractivity contribution in [2.75, 3.05) is 6.54 Å². The molecule has 2 atom stereocenters. The van der Waals surface area contributed by atoms with Crippen molar-refractivity contribution in [3.05, 3.63) is 35.6 Å². The highest BCUT2D eigenvalue weighted by Crippen LogP contribution is 2.18. The fourth-order valence-corrected chi connectivity index (χ4v) is 2.20. The van der Waals surface area contributed by atoms with Crippen molar-refractivity contribution in [1.82, 2.24) is 5.32 Å². The maximum atomic E-state index is 12.8. The van der Waals surface area contributed by atoms with Crippen molar-refractivity contribution in [2.24, 2.45) is 11.7 Å². The third kappa shape index (κ3) is 4.58. The predicted octanol–water partition coefficient (Wildman–Crippen LogP) is 1.74. The van der Waals surface area contributed by atoms with Crippen LogP contribution in [0.15, 0.2) is 24.3 Å². The van der Waals surface area contributed by atoms with Crippen LogP contribution in [0.2, 0.25) is 0 Å². The van der Waals surface area contributed by atoms with Gasteiger partial charge in [-0.05, 0) is 37.0 Å². The van der Waals surface area contributed by atoms with Crippen molar-refractivity contribution >= 4 is 5.91 Å². The average molecular weight is 282 g/mol. The molecule has 0 saturated carbocycles. The maximum absolute atomic E-state index is 12.8. The van der Waals surface area contributed by atoms with Crippen LogP contribution in [-0.4, -0.2) is 23.1 Å². The molecule has 0 bridgehead atoms. The van der Waals surface area contributed by atoms with Crippen LogP contribution >= 0.6 is 0 Å². The highest BCUT2D eigenvalue weighted by Gasteiger charge is 2.31. The van der Waals surface area contributed by atoms with Crippen LogP contribution in [0.5, 0.6) is 0 Å². The Hall–Kier alpha value is -1.46. The second-order valence-electron chi connectivity index (χ2n) is 5.74. The van der Waals surface area contributed by atoms with Gasteiger partial charge in [-0.25, -0.2) is 4.39 Å². The first-order chi connectivity index (χ1) is 9.24. The third-order valence-electron chi connectivity index (χ3n) is 3.30. The fraction of sp³-hybridized carbons (Fsp3) is 0.533. The smallest absolute Gasteiger partial charge is 0.237 e. The molecule has 0 fully saturated rings. The van der Waals surface area contributed by atoms with Crippen LogP contribution in [0.1, 0.15) is 38.9 Å². The molecular weight excluding hydrogens is 259 g/mol. The second kappa shape index (κ2) is 6.81. The minimum Gasteiger partial charge on any atom is -0.387 e. The normalized spacial score (nSPS) is 15.9. The summed E-state index contributed by atoms with van der Waals surface area (Å²) in [6.07, 6.45) is -0.236. The first-order valence-corrected chi connectivity index (χ1v) is 6.73. The summed E-state index contributed by atoms with van der Waals surface area (Å²) < 4.78 is 12.8. The highest BCUT2D eigenvalue weighted by molar-refractivity contribution is 5.84. The van der Waals surface area contributed by atoms with Crippen molar-refractivity contribution < 1.29 is 14.3 Å². The molecule has 4 N–H and O–H groups in total. The Morgan fingerprint density at radius 1 is 1.40 bits per heavy atom. The number of carbonyl (C=O) groups is 1. The SMILES string of the molecule is CC(C)CC(C)(NCC(O)c1ccc(F)cc1)C(N)=O. The lowest BCUT2D eigenvalue weighted by Gasteiger charge is -2.30. The third-order valence-corrected chi connectivity index (χ3v) is 3.30. The number of halogens is 1. The largest absolute Gasteiger partial charge is 0.387 e. The minimum atomic E-state index is -0.866. The fourth-order valence-electron chi connectivity index (χ4n) is 2.20. The van der Waals surface area contributed by atoms with E-state index in [1.807, 2.05) is 13.8 Å². The zero-order valence-electron chi connectivity index (χ0n) is 12.2. The van der Waals surface area contributed by atoms with Crippen LogP contribution in [0.3, 0.4) is 0 Å². The van der Waals surface area contributed by atoms with Crippen molar-refractivity contribution in [3.8, 4) is 0 Å². The summed E-state index contributed by atoms with van der Waals surface area (Å²) in [7, 11) is 0. The number of nitrogens with one attached hydrogen (secondary N) is 1. The van der Waals surface area contributed by atoms with Gasteiger partial charge in [-0.15, -0.1) is 0 Å². The first-order valence-electron chi connectivity index (χ1n) is 6.73. The van der Waals surface area contributed by atoms with Crippen molar-refractivity contribution in [1.29, 1.82) is 0 Å². The van der Waals surface area contributed by atoms with E-state index in [1.165, 1.54) is 24.3 Å². The average Bonchev–Trinajstić information content (AvgIpc) is 2.36. The van der Waals surface area contributed by atoms with Crippen LogP contribution in [0.25, 0.3) is 0 Å². The molecule has 2 unspecified atom stereocenters. The molecule has 0 aliphatic carbocycles. The van der Waals surface area contributed by atoms with Gasteiger partial charge in [-0.2, -0.15) is 0 Å². The number of benzene rings is 1. The Morgan fingerprint density at radius 3 is 2.40 bits per heavy atom. The van der Waals surface area contributed by atoms with E-state index in [4.69, 9.17) is 5.73 Å². The van der Waals surface area contributed by atoms with Crippen molar-refractivity contribution in [3.63, 3.8) is 0 Å². The van der Waals surface area contributed by atoms with Gasteiger partial charge in [0.05, 0.1) is 11.6 Å². The Morgan fingerprint density at radius 2 is 1.95 bits per heavy atom. The van der Waals surface area contributed by atoms with E-state index in [0.29, 0.717) is 17.9 Å². The second-order valence-corrected chi connectivity index (χ2v) is 5.74. The van der Waals surface area contributed by atoms with Gasteiger partial charge < -0.3 is 16.2 Å². The number of nitrogens with two attached hydrogens (primary N) is 1. The lowest BCUT2D eigenvalue weighted by Crippen LogP contribution is -2.54. The Balaban J connectivity index is 2.67. The van der Waals surface area contributed by atoms with Gasteiger partial charge in [0.15, 0.2) is 0 Å². The number of aliphatic hydroxyl groups is 1. The summed E-state index contributed by atoms with van der Waals surface area (Å²) in [6, 6.07) is 5.62. The molecule has 4 nitrogen and oxygen atoms in total. The summed E-state index contributed by atoms with van der Waals surface area (Å²) in [6.45, 7) is 5.91. The van der Waals surface area contributed by atoms with E-state index in [-0.39, 0.29) is 12.4 Å². The molecule has 0 aliphatic rings. The zero-order chi connectivity index (χ0) is 15.3. The Labute approximate surface area is 119 Å². The lowest BCUT2D eigenvalue weighted by atomic mass is 9.89. The number of amides is 1. The Kier molecular flexibility index (Phi) is 5.65. The molecule has 1 aromatic carbocycles. The molecule has 0 saturated heterocycles. The molecule has 0 spiro atoms. The predicted molar refractivity (Wildman–Crippen MR) is 76.4 cm³/mol. The number of carbonyl (C=O) groups excluding carboxylic acids is 1. The first kappa shape index (κ1) is 16.6. The molecular formula is C15H23FN2O2. The van der Waals surface area contributed by atoms with Gasteiger partial charge in [-0.1, -0.05) is 26.0 Å². The highest BCUT2D eigenvalue weighted by atomic mass is 19.1. The molecule has 112 valence electrons. The number of hydrogen-bond acceptors (Lipinski definition) is 3. The number of aliphatic hydroxyl groups excluding tert-OH is 1. The number of primary amides is 1. The molecule has 0 aromatic heterocycles. The molecule has 1 rings (SSSR count). The summed E-state index contributed by atoms with van der Waals surface area (Å²) >= 11 is 0. The van der Waals surface area contributed by atoms with Crippen LogP contribution < -0.4 is 11.1 Å². The van der Waals surface area contributed by atoms with Crippen LogP contribution in [-0.2, 0) is 4.79 Å². The van der Waals surface area contributed by atoms with Gasteiger partial charge in [-0.3, -0.25) is 4.79 Å². The molecule has 5 heteroatoms. The van der Waals surface area contributed by atoms with Gasteiger partial charge in [0.1, 0.15) is 5.82 Å².